The lowest BCUT2D eigenvalue weighted by molar-refractivity contribution is -0.117. The molecule has 28 heavy (non-hydrogen) atoms. The van der Waals surface area contributed by atoms with Crippen LogP contribution >= 0.6 is 0 Å². The summed E-state index contributed by atoms with van der Waals surface area (Å²) in [6, 6.07) is 0. The SMILES string of the molecule is CNC(=O)C1=C(/C=C/C(C)=C/C=C/C(C)=C/c2c[nH]oc2=O)C(C)(C)CCC1. The fourth-order valence-electron chi connectivity index (χ4n) is 3.38. The number of aromatic amines is 1. The van der Waals surface area contributed by atoms with Crippen LogP contribution in [0.5, 0.6) is 0 Å². The van der Waals surface area contributed by atoms with Gasteiger partial charge in [-0.3, -0.25) is 4.79 Å². The van der Waals surface area contributed by atoms with Crippen LogP contribution in [-0.2, 0) is 4.79 Å². The van der Waals surface area contributed by atoms with Crippen LogP contribution in [-0.4, -0.2) is 18.1 Å². The number of amides is 1. The van der Waals surface area contributed by atoms with E-state index in [1.165, 1.54) is 6.20 Å². The van der Waals surface area contributed by atoms with Gasteiger partial charge in [-0.25, -0.2) is 9.95 Å². The average Bonchev–Trinajstić information content (AvgIpc) is 3.03. The third-order valence-corrected chi connectivity index (χ3v) is 5.00. The van der Waals surface area contributed by atoms with Crippen LogP contribution < -0.4 is 10.9 Å². The van der Waals surface area contributed by atoms with E-state index >= 15 is 0 Å². The van der Waals surface area contributed by atoms with Crippen molar-refractivity contribution in [1.29, 1.82) is 0 Å². The number of aromatic nitrogens is 1. The summed E-state index contributed by atoms with van der Waals surface area (Å²) in [5.74, 6) is 0.0175. The Morgan fingerprint density at radius 3 is 2.64 bits per heavy atom. The normalized spacial score (nSPS) is 18.3. The van der Waals surface area contributed by atoms with Crippen molar-refractivity contribution in [2.75, 3.05) is 7.05 Å². The molecule has 2 N–H and O–H groups in total. The van der Waals surface area contributed by atoms with Crippen molar-refractivity contribution in [2.45, 2.75) is 47.0 Å². The van der Waals surface area contributed by atoms with Gasteiger partial charge in [-0.2, -0.15) is 0 Å². The molecule has 0 atom stereocenters. The summed E-state index contributed by atoms with van der Waals surface area (Å²) in [4.78, 5) is 23.6. The van der Waals surface area contributed by atoms with Gasteiger partial charge >= 0.3 is 5.63 Å². The zero-order valence-electron chi connectivity index (χ0n) is 17.4. The second-order valence-electron chi connectivity index (χ2n) is 7.81. The molecule has 0 unspecified atom stereocenters. The fourth-order valence-corrected chi connectivity index (χ4v) is 3.38. The van der Waals surface area contributed by atoms with E-state index in [0.717, 1.165) is 41.6 Å². The van der Waals surface area contributed by atoms with E-state index in [-0.39, 0.29) is 16.9 Å². The van der Waals surface area contributed by atoms with Gasteiger partial charge in [0.15, 0.2) is 0 Å². The van der Waals surface area contributed by atoms with Crippen molar-refractivity contribution < 1.29 is 9.32 Å². The first-order valence-corrected chi connectivity index (χ1v) is 9.58. The summed E-state index contributed by atoms with van der Waals surface area (Å²) in [5.41, 5.74) is 4.14. The molecule has 0 bridgehead atoms. The molecule has 1 aliphatic carbocycles. The van der Waals surface area contributed by atoms with Gasteiger partial charge in [0, 0.05) is 12.6 Å². The van der Waals surface area contributed by atoms with Gasteiger partial charge in [-0.1, -0.05) is 55.4 Å². The van der Waals surface area contributed by atoms with Gasteiger partial charge in [-0.15, -0.1) is 0 Å². The Balaban J connectivity index is 2.16. The zero-order valence-corrected chi connectivity index (χ0v) is 17.4. The molecule has 0 aromatic carbocycles. The first kappa shape index (κ1) is 21.5. The summed E-state index contributed by atoms with van der Waals surface area (Å²) in [5, 5.41) is 5.20. The third kappa shape index (κ3) is 5.59. The van der Waals surface area contributed by atoms with Gasteiger partial charge < -0.3 is 9.84 Å². The van der Waals surface area contributed by atoms with Crippen molar-refractivity contribution >= 4 is 12.0 Å². The summed E-state index contributed by atoms with van der Waals surface area (Å²) in [6.07, 6.45) is 16.3. The maximum atomic E-state index is 12.2. The highest BCUT2D eigenvalue weighted by Gasteiger charge is 2.30. The number of rotatable bonds is 6. The maximum Gasteiger partial charge on any atom is 0.364 e. The third-order valence-electron chi connectivity index (χ3n) is 5.00. The second kappa shape index (κ2) is 9.40. The number of allylic oxidation sites excluding steroid dienone is 8. The average molecular weight is 383 g/mol. The minimum absolute atomic E-state index is 0.0102. The molecule has 0 spiro atoms. The minimum Gasteiger partial charge on any atom is -0.355 e. The van der Waals surface area contributed by atoms with Crippen molar-refractivity contribution in [3.63, 3.8) is 0 Å². The molecule has 0 saturated carbocycles. The Hall–Kier alpha value is -2.82. The van der Waals surface area contributed by atoms with Gasteiger partial charge in [0.2, 0.25) is 5.91 Å². The van der Waals surface area contributed by atoms with E-state index in [0.29, 0.717) is 5.56 Å². The van der Waals surface area contributed by atoms with E-state index in [9.17, 15) is 9.59 Å². The predicted octanol–water partition coefficient (Wildman–Crippen LogP) is 4.68. The van der Waals surface area contributed by atoms with E-state index in [4.69, 9.17) is 0 Å². The molecule has 0 fully saturated rings. The van der Waals surface area contributed by atoms with Crippen LogP contribution in [0.2, 0.25) is 0 Å². The van der Waals surface area contributed by atoms with Crippen molar-refractivity contribution in [1.82, 2.24) is 10.5 Å². The topological polar surface area (TPSA) is 75.1 Å². The molecule has 0 radical (unpaired) electrons. The zero-order chi connectivity index (χ0) is 20.7. The highest BCUT2D eigenvalue weighted by molar-refractivity contribution is 5.94. The van der Waals surface area contributed by atoms with Crippen LogP contribution in [0, 0.1) is 5.41 Å². The Morgan fingerprint density at radius 1 is 1.25 bits per heavy atom. The molecule has 1 heterocycles. The molecule has 2 rings (SSSR count). The molecule has 1 aromatic heterocycles. The maximum absolute atomic E-state index is 12.2. The number of hydrogen-bond acceptors (Lipinski definition) is 3. The number of carbonyl (C=O) groups excluding carboxylic acids is 1. The molecule has 1 aromatic rings. The summed E-state index contributed by atoms with van der Waals surface area (Å²) in [7, 11) is 1.68. The van der Waals surface area contributed by atoms with E-state index in [1.807, 2.05) is 32.1 Å². The molecule has 0 saturated heterocycles. The lowest BCUT2D eigenvalue weighted by Gasteiger charge is -2.33. The van der Waals surface area contributed by atoms with E-state index < -0.39 is 0 Å². The van der Waals surface area contributed by atoms with Crippen LogP contribution in [0.15, 0.2) is 68.2 Å². The fraction of sp³-hybridized carbons (Fsp3) is 0.391. The second-order valence-corrected chi connectivity index (χ2v) is 7.81. The molecule has 1 amide bonds. The lowest BCUT2D eigenvalue weighted by Crippen LogP contribution is -2.28. The van der Waals surface area contributed by atoms with E-state index in [1.54, 1.807) is 13.1 Å². The molecular weight excluding hydrogens is 352 g/mol. The van der Waals surface area contributed by atoms with Gasteiger partial charge in [-0.05, 0) is 50.2 Å². The highest BCUT2D eigenvalue weighted by atomic mass is 16.5. The van der Waals surface area contributed by atoms with Crippen LogP contribution in [0.25, 0.3) is 6.08 Å². The van der Waals surface area contributed by atoms with E-state index in [2.05, 4.69) is 41.0 Å². The quantitative estimate of drug-likeness (QED) is 0.701. The Kier molecular flexibility index (Phi) is 7.21. The number of H-pyrrole nitrogens is 1. The van der Waals surface area contributed by atoms with Crippen molar-refractivity contribution in [3.8, 4) is 0 Å². The minimum atomic E-state index is -0.377. The first-order valence-electron chi connectivity index (χ1n) is 9.58. The van der Waals surface area contributed by atoms with Crippen LogP contribution in [0.3, 0.4) is 0 Å². The molecule has 0 aliphatic heterocycles. The first-order chi connectivity index (χ1) is 13.2. The molecular formula is C23H30N2O3. The molecule has 1 aliphatic rings. The van der Waals surface area contributed by atoms with Gasteiger partial charge in [0.25, 0.3) is 0 Å². The number of carbonyl (C=O) groups is 1. The molecule has 5 nitrogen and oxygen atoms in total. The smallest absolute Gasteiger partial charge is 0.355 e. The van der Waals surface area contributed by atoms with Crippen LogP contribution in [0.1, 0.15) is 52.5 Å². The summed E-state index contributed by atoms with van der Waals surface area (Å²) in [6.45, 7) is 8.34. The molecule has 5 heteroatoms. The largest absolute Gasteiger partial charge is 0.364 e. The Labute approximate surface area is 166 Å². The van der Waals surface area contributed by atoms with Crippen molar-refractivity contribution in [2.24, 2.45) is 5.41 Å². The number of nitrogens with one attached hydrogen (secondary N) is 2. The monoisotopic (exact) mass is 382 g/mol. The Bertz CT molecular complexity index is 918. The number of likely N-dealkylation sites (N-methyl/N-ethyl adjacent to an activating group) is 1. The van der Waals surface area contributed by atoms with Crippen LogP contribution in [0.4, 0.5) is 0 Å². The standard InChI is InChI=1S/C23H30N2O3/c1-16(8-6-9-17(2)14-18-15-25-28-22(18)27)11-12-20-19(21(26)24-5)10-7-13-23(20,3)4/h6,8-9,11-12,14-15,25H,7,10,13H2,1-5H3,(H,24,26)/b9-6+,12-11+,16-8+,17-14+. The van der Waals surface area contributed by atoms with Gasteiger partial charge in [0.05, 0.1) is 11.8 Å². The highest BCUT2D eigenvalue weighted by Crippen LogP contribution is 2.41. The summed E-state index contributed by atoms with van der Waals surface area (Å²) >= 11 is 0. The molecule has 150 valence electrons. The lowest BCUT2D eigenvalue weighted by atomic mass is 9.72. The summed E-state index contributed by atoms with van der Waals surface area (Å²) < 4.78 is 4.64. The van der Waals surface area contributed by atoms with Crippen molar-refractivity contribution in [3.05, 3.63) is 74.9 Å². The predicted molar refractivity (Wildman–Crippen MR) is 114 cm³/mol. The number of hydrogen-bond donors (Lipinski definition) is 2. The van der Waals surface area contributed by atoms with Gasteiger partial charge in [0.1, 0.15) is 0 Å². The Morgan fingerprint density at radius 2 is 2.00 bits per heavy atom.